The zero-order valence-electron chi connectivity index (χ0n) is 13.0. The van der Waals surface area contributed by atoms with E-state index >= 15 is 0 Å². The van der Waals surface area contributed by atoms with Crippen molar-refractivity contribution in [3.63, 3.8) is 0 Å². The average Bonchev–Trinajstić information content (AvgIpc) is 2.80. The Hall–Kier alpha value is -1.64. The first-order valence-corrected chi connectivity index (χ1v) is 7.78. The van der Waals surface area contributed by atoms with Crippen LogP contribution in [0.4, 0.5) is 4.39 Å². The molecule has 21 heavy (non-hydrogen) atoms. The summed E-state index contributed by atoms with van der Waals surface area (Å²) in [4.78, 5) is 12.5. The quantitative estimate of drug-likeness (QED) is 0.615. The van der Waals surface area contributed by atoms with Crippen molar-refractivity contribution in [1.82, 2.24) is 0 Å². The Labute approximate surface area is 125 Å². The fourth-order valence-electron chi connectivity index (χ4n) is 2.76. The molecule has 0 aliphatic carbocycles. The summed E-state index contributed by atoms with van der Waals surface area (Å²) >= 11 is 0. The van der Waals surface area contributed by atoms with E-state index in [0.717, 1.165) is 31.2 Å². The van der Waals surface area contributed by atoms with E-state index in [0.29, 0.717) is 29.1 Å². The van der Waals surface area contributed by atoms with Gasteiger partial charge < -0.3 is 4.42 Å². The Morgan fingerprint density at radius 1 is 1.33 bits per heavy atom. The van der Waals surface area contributed by atoms with E-state index in [1.165, 1.54) is 12.1 Å². The highest BCUT2D eigenvalue weighted by molar-refractivity contribution is 6.00. The minimum Gasteiger partial charge on any atom is -0.453 e. The van der Waals surface area contributed by atoms with Crippen molar-refractivity contribution >= 4 is 16.8 Å². The van der Waals surface area contributed by atoms with Crippen LogP contribution >= 0.6 is 0 Å². The number of ketones is 1. The molecule has 1 atom stereocenters. The van der Waals surface area contributed by atoms with Crippen LogP contribution in [0.3, 0.4) is 0 Å². The molecule has 0 bridgehead atoms. The van der Waals surface area contributed by atoms with E-state index in [1.54, 1.807) is 6.07 Å². The Kier molecular flexibility index (Phi) is 5.16. The van der Waals surface area contributed by atoms with Crippen molar-refractivity contribution < 1.29 is 13.6 Å². The van der Waals surface area contributed by atoms with Gasteiger partial charge >= 0.3 is 0 Å². The second-order valence-electron chi connectivity index (χ2n) is 5.74. The van der Waals surface area contributed by atoms with Crippen LogP contribution in [-0.2, 0) is 0 Å². The molecule has 1 aromatic heterocycles. The molecule has 0 aliphatic rings. The molecule has 1 heterocycles. The van der Waals surface area contributed by atoms with Crippen LogP contribution in [0, 0.1) is 18.7 Å². The number of hydrogen-bond donors (Lipinski definition) is 0. The molecule has 2 aromatic rings. The monoisotopic (exact) mass is 290 g/mol. The standard InChI is InChI=1S/C18H23FO2/c1-4-6-7-13(5-2)10-16(20)18-12(3)15-11-14(19)8-9-17(15)21-18/h8-9,11,13H,4-7,10H2,1-3H3. The molecule has 0 fully saturated rings. The molecule has 0 saturated carbocycles. The SMILES string of the molecule is CCCCC(CC)CC(=O)c1oc2ccc(F)cc2c1C. The number of fused-ring (bicyclic) bond motifs is 1. The van der Waals surface area contributed by atoms with Crippen LogP contribution in [-0.4, -0.2) is 5.78 Å². The smallest absolute Gasteiger partial charge is 0.198 e. The Morgan fingerprint density at radius 2 is 2.10 bits per heavy atom. The number of halogens is 1. The van der Waals surface area contributed by atoms with Crippen LogP contribution in [0.1, 0.15) is 62.1 Å². The van der Waals surface area contributed by atoms with Gasteiger partial charge in [-0.3, -0.25) is 4.79 Å². The summed E-state index contributed by atoms with van der Waals surface area (Å²) in [6, 6.07) is 4.37. The highest BCUT2D eigenvalue weighted by atomic mass is 19.1. The number of Topliss-reactive ketones (excluding diaryl/α,β-unsaturated/α-hetero) is 1. The number of carbonyl (C=O) groups excluding carboxylic acids is 1. The Morgan fingerprint density at radius 3 is 2.76 bits per heavy atom. The molecule has 2 rings (SSSR count). The molecule has 114 valence electrons. The fourth-order valence-corrected chi connectivity index (χ4v) is 2.76. The van der Waals surface area contributed by atoms with Gasteiger partial charge in [0.1, 0.15) is 11.4 Å². The molecule has 1 aromatic carbocycles. The van der Waals surface area contributed by atoms with Crippen molar-refractivity contribution in [3.8, 4) is 0 Å². The van der Waals surface area contributed by atoms with Crippen molar-refractivity contribution in [1.29, 1.82) is 0 Å². The van der Waals surface area contributed by atoms with E-state index < -0.39 is 0 Å². The molecular formula is C18H23FO2. The summed E-state index contributed by atoms with van der Waals surface area (Å²) in [5.74, 6) is 0.527. The largest absolute Gasteiger partial charge is 0.453 e. The molecule has 0 saturated heterocycles. The summed E-state index contributed by atoms with van der Waals surface area (Å²) in [7, 11) is 0. The first kappa shape index (κ1) is 15.7. The molecule has 2 nitrogen and oxygen atoms in total. The first-order chi connectivity index (χ1) is 10.1. The third-order valence-corrected chi connectivity index (χ3v) is 4.17. The number of carbonyl (C=O) groups is 1. The molecule has 0 radical (unpaired) electrons. The summed E-state index contributed by atoms with van der Waals surface area (Å²) in [6.07, 6.45) is 4.88. The van der Waals surface area contributed by atoms with E-state index in [-0.39, 0.29) is 11.6 Å². The lowest BCUT2D eigenvalue weighted by Crippen LogP contribution is -2.08. The topological polar surface area (TPSA) is 30.2 Å². The number of rotatable bonds is 7. The van der Waals surface area contributed by atoms with Crippen molar-refractivity contribution in [2.45, 2.75) is 52.9 Å². The van der Waals surface area contributed by atoms with Crippen LogP contribution in [0.25, 0.3) is 11.0 Å². The predicted molar refractivity (Wildman–Crippen MR) is 83.2 cm³/mol. The highest BCUT2D eigenvalue weighted by Crippen LogP contribution is 2.28. The fraction of sp³-hybridized carbons (Fsp3) is 0.500. The third-order valence-electron chi connectivity index (χ3n) is 4.17. The van der Waals surface area contributed by atoms with E-state index in [1.807, 2.05) is 6.92 Å². The van der Waals surface area contributed by atoms with Gasteiger partial charge in [0, 0.05) is 17.4 Å². The Bertz CT molecular complexity index is 627. The molecule has 1 unspecified atom stereocenters. The minimum atomic E-state index is -0.306. The van der Waals surface area contributed by atoms with Gasteiger partial charge in [0.05, 0.1) is 0 Å². The van der Waals surface area contributed by atoms with Gasteiger partial charge in [-0.15, -0.1) is 0 Å². The van der Waals surface area contributed by atoms with Gasteiger partial charge in [0.15, 0.2) is 11.5 Å². The maximum atomic E-state index is 13.3. The maximum absolute atomic E-state index is 13.3. The van der Waals surface area contributed by atoms with Crippen molar-refractivity contribution in [3.05, 3.63) is 35.3 Å². The summed E-state index contributed by atoms with van der Waals surface area (Å²) in [5.41, 5.74) is 1.33. The molecular weight excluding hydrogens is 267 g/mol. The molecule has 0 aliphatic heterocycles. The number of hydrogen-bond acceptors (Lipinski definition) is 2. The normalized spacial score (nSPS) is 12.8. The second-order valence-corrected chi connectivity index (χ2v) is 5.74. The van der Waals surface area contributed by atoms with Gasteiger partial charge in [0.25, 0.3) is 0 Å². The highest BCUT2D eigenvalue weighted by Gasteiger charge is 2.20. The predicted octanol–water partition coefficient (Wildman–Crippen LogP) is 5.67. The third kappa shape index (κ3) is 3.52. The summed E-state index contributed by atoms with van der Waals surface area (Å²) < 4.78 is 19.0. The maximum Gasteiger partial charge on any atom is 0.198 e. The van der Waals surface area contributed by atoms with Crippen LogP contribution < -0.4 is 0 Å². The van der Waals surface area contributed by atoms with Gasteiger partial charge in [-0.2, -0.15) is 0 Å². The lowest BCUT2D eigenvalue weighted by molar-refractivity contribution is 0.0931. The molecule has 0 N–H and O–H groups in total. The number of unbranched alkanes of at least 4 members (excludes halogenated alkanes) is 1. The van der Waals surface area contributed by atoms with Crippen LogP contribution in [0.2, 0.25) is 0 Å². The molecule has 0 spiro atoms. The van der Waals surface area contributed by atoms with Crippen molar-refractivity contribution in [2.75, 3.05) is 0 Å². The Balaban J connectivity index is 2.21. The van der Waals surface area contributed by atoms with Gasteiger partial charge in [0.2, 0.25) is 0 Å². The van der Waals surface area contributed by atoms with E-state index in [2.05, 4.69) is 13.8 Å². The van der Waals surface area contributed by atoms with E-state index in [4.69, 9.17) is 4.42 Å². The molecule has 3 heteroatoms. The second kappa shape index (κ2) is 6.88. The minimum absolute atomic E-state index is 0.0343. The lowest BCUT2D eigenvalue weighted by atomic mass is 9.92. The van der Waals surface area contributed by atoms with Crippen LogP contribution in [0.5, 0.6) is 0 Å². The summed E-state index contributed by atoms with van der Waals surface area (Å²) in [6.45, 7) is 6.10. The van der Waals surface area contributed by atoms with E-state index in [9.17, 15) is 9.18 Å². The van der Waals surface area contributed by atoms with Crippen molar-refractivity contribution in [2.24, 2.45) is 5.92 Å². The molecule has 0 amide bonds. The lowest BCUT2D eigenvalue weighted by Gasteiger charge is -2.12. The summed E-state index contributed by atoms with van der Waals surface area (Å²) in [5, 5.41) is 0.694. The van der Waals surface area contributed by atoms with Crippen LogP contribution in [0.15, 0.2) is 22.6 Å². The number of benzene rings is 1. The number of aryl methyl sites for hydroxylation is 1. The first-order valence-electron chi connectivity index (χ1n) is 7.78. The van der Waals surface area contributed by atoms with Gasteiger partial charge in [-0.05, 0) is 31.0 Å². The van der Waals surface area contributed by atoms with Gasteiger partial charge in [-0.1, -0.05) is 39.5 Å². The number of furan rings is 1. The zero-order chi connectivity index (χ0) is 15.4. The van der Waals surface area contributed by atoms with Gasteiger partial charge in [-0.25, -0.2) is 4.39 Å². The zero-order valence-corrected chi connectivity index (χ0v) is 13.0. The average molecular weight is 290 g/mol.